The Hall–Kier alpha value is -1.19. The van der Waals surface area contributed by atoms with Gasteiger partial charge in [-0.15, -0.1) is 11.3 Å². The van der Waals surface area contributed by atoms with E-state index in [0.717, 1.165) is 19.4 Å². The Kier molecular flexibility index (Phi) is 4.71. The van der Waals surface area contributed by atoms with Crippen LogP contribution in [0.3, 0.4) is 0 Å². The van der Waals surface area contributed by atoms with Crippen molar-refractivity contribution in [2.75, 3.05) is 6.54 Å². The first-order valence-corrected chi connectivity index (χ1v) is 8.86. The van der Waals surface area contributed by atoms with Gasteiger partial charge in [-0.05, 0) is 50.3 Å². The predicted molar refractivity (Wildman–Crippen MR) is 90.1 cm³/mol. The maximum Gasteiger partial charge on any atom is 0.0975 e. The van der Waals surface area contributed by atoms with Gasteiger partial charge in [0, 0.05) is 17.3 Å². The Labute approximate surface area is 131 Å². The number of nitrogens with zero attached hydrogens (tertiary/aromatic N) is 1. The van der Waals surface area contributed by atoms with Crippen LogP contribution in [0, 0.1) is 6.92 Å². The van der Waals surface area contributed by atoms with E-state index in [4.69, 9.17) is 4.98 Å². The van der Waals surface area contributed by atoms with Gasteiger partial charge >= 0.3 is 0 Å². The van der Waals surface area contributed by atoms with Crippen LogP contribution >= 0.6 is 11.3 Å². The molecule has 2 aromatic rings. The van der Waals surface area contributed by atoms with Crippen LogP contribution in [-0.4, -0.2) is 11.5 Å². The fourth-order valence-corrected chi connectivity index (χ4v) is 4.28. The first kappa shape index (κ1) is 14.7. The van der Waals surface area contributed by atoms with E-state index >= 15 is 0 Å². The second kappa shape index (κ2) is 6.71. The largest absolute Gasteiger partial charge is 0.309 e. The highest BCUT2D eigenvalue weighted by Crippen LogP contribution is 2.35. The SMILES string of the molecule is CCCNC1CCCc2nc(Cc3ccccc3C)sc21. The number of rotatable bonds is 5. The second-order valence-corrected chi connectivity index (χ2v) is 7.04. The first-order chi connectivity index (χ1) is 10.3. The zero-order valence-electron chi connectivity index (χ0n) is 13.0. The summed E-state index contributed by atoms with van der Waals surface area (Å²) in [5, 5.41) is 4.96. The molecule has 0 saturated carbocycles. The summed E-state index contributed by atoms with van der Waals surface area (Å²) in [5.41, 5.74) is 4.12. The third-order valence-electron chi connectivity index (χ3n) is 4.24. The van der Waals surface area contributed by atoms with Crippen molar-refractivity contribution >= 4 is 11.3 Å². The van der Waals surface area contributed by atoms with Crippen LogP contribution in [0.15, 0.2) is 24.3 Å². The second-order valence-electron chi connectivity index (χ2n) is 5.92. The van der Waals surface area contributed by atoms with Gasteiger partial charge in [-0.1, -0.05) is 31.2 Å². The van der Waals surface area contributed by atoms with Gasteiger partial charge in [0.2, 0.25) is 0 Å². The van der Waals surface area contributed by atoms with Crippen LogP contribution in [0.2, 0.25) is 0 Å². The zero-order chi connectivity index (χ0) is 14.7. The van der Waals surface area contributed by atoms with Crippen molar-refractivity contribution in [3.63, 3.8) is 0 Å². The van der Waals surface area contributed by atoms with E-state index in [1.165, 1.54) is 46.0 Å². The van der Waals surface area contributed by atoms with Crippen LogP contribution < -0.4 is 5.32 Å². The van der Waals surface area contributed by atoms with Gasteiger partial charge in [0.05, 0.1) is 10.7 Å². The van der Waals surface area contributed by atoms with E-state index in [9.17, 15) is 0 Å². The third kappa shape index (κ3) is 3.35. The third-order valence-corrected chi connectivity index (χ3v) is 5.45. The fourth-order valence-electron chi connectivity index (χ4n) is 3.03. The van der Waals surface area contributed by atoms with E-state index in [2.05, 4.69) is 43.4 Å². The van der Waals surface area contributed by atoms with Crippen molar-refractivity contribution < 1.29 is 0 Å². The van der Waals surface area contributed by atoms with Gasteiger partial charge in [0.15, 0.2) is 0 Å². The lowest BCUT2D eigenvalue weighted by Gasteiger charge is -2.22. The fraction of sp³-hybridized carbons (Fsp3) is 0.500. The molecule has 0 saturated heterocycles. The minimum Gasteiger partial charge on any atom is -0.309 e. The van der Waals surface area contributed by atoms with E-state index in [-0.39, 0.29) is 0 Å². The van der Waals surface area contributed by atoms with Crippen molar-refractivity contribution in [2.24, 2.45) is 0 Å². The molecule has 0 fully saturated rings. The van der Waals surface area contributed by atoms with E-state index in [1.54, 1.807) is 0 Å². The highest BCUT2D eigenvalue weighted by atomic mass is 32.1. The summed E-state index contributed by atoms with van der Waals surface area (Å²) >= 11 is 1.92. The predicted octanol–water partition coefficient (Wildman–Crippen LogP) is 4.42. The molecule has 1 atom stereocenters. The highest BCUT2D eigenvalue weighted by Gasteiger charge is 2.24. The Morgan fingerprint density at radius 1 is 1.33 bits per heavy atom. The molecule has 1 aliphatic rings. The number of aryl methyl sites for hydroxylation is 2. The summed E-state index contributed by atoms with van der Waals surface area (Å²) in [6.07, 6.45) is 5.86. The molecule has 3 rings (SSSR count). The van der Waals surface area contributed by atoms with Gasteiger partial charge in [0.25, 0.3) is 0 Å². The van der Waals surface area contributed by atoms with Crippen molar-refractivity contribution in [2.45, 2.75) is 52.0 Å². The van der Waals surface area contributed by atoms with Crippen molar-refractivity contribution in [3.8, 4) is 0 Å². The summed E-state index contributed by atoms with van der Waals surface area (Å²) in [6, 6.07) is 9.19. The molecule has 1 heterocycles. The summed E-state index contributed by atoms with van der Waals surface area (Å²) in [7, 11) is 0. The number of hydrogen-bond donors (Lipinski definition) is 1. The Balaban J connectivity index is 1.80. The lowest BCUT2D eigenvalue weighted by atomic mass is 9.98. The van der Waals surface area contributed by atoms with Crippen LogP contribution in [0.25, 0.3) is 0 Å². The van der Waals surface area contributed by atoms with Crippen LogP contribution in [-0.2, 0) is 12.8 Å². The molecule has 0 radical (unpaired) electrons. The topological polar surface area (TPSA) is 24.9 Å². The van der Waals surface area contributed by atoms with Crippen LogP contribution in [0.5, 0.6) is 0 Å². The molecule has 1 aromatic carbocycles. The average Bonchev–Trinajstić information content (AvgIpc) is 2.90. The van der Waals surface area contributed by atoms with Gasteiger partial charge in [-0.25, -0.2) is 4.98 Å². The molecule has 1 N–H and O–H groups in total. The van der Waals surface area contributed by atoms with Crippen molar-refractivity contribution in [1.29, 1.82) is 0 Å². The van der Waals surface area contributed by atoms with Crippen LogP contribution in [0.4, 0.5) is 0 Å². The average molecular weight is 300 g/mol. The van der Waals surface area contributed by atoms with E-state index in [0.29, 0.717) is 6.04 Å². The Morgan fingerprint density at radius 3 is 3.00 bits per heavy atom. The van der Waals surface area contributed by atoms with Gasteiger partial charge in [-0.3, -0.25) is 0 Å². The van der Waals surface area contributed by atoms with E-state index in [1.807, 2.05) is 11.3 Å². The standard InChI is InChI=1S/C18H24N2S/c1-3-11-19-15-9-6-10-16-18(15)21-17(20-16)12-14-8-5-4-7-13(14)2/h4-5,7-8,15,19H,3,6,9-12H2,1-2H3. The highest BCUT2D eigenvalue weighted by molar-refractivity contribution is 7.11. The Bertz CT molecular complexity index is 603. The molecule has 0 bridgehead atoms. The summed E-state index contributed by atoms with van der Waals surface area (Å²) in [4.78, 5) is 6.42. The van der Waals surface area contributed by atoms with Gasteiger partial charge in [-0.2, -0.15) is 0 Å². The lowest BCUT2D eigenvalue weighted by molar-refractivity contribution is 0.464. The maximum absolute atomic E-state index is 4.92. The summed E-state index contributed by atoms with van der Waals surface area (Å²) in [6.45, 7) is 5.52. The molecule has 21 heavy (non-hydrogen) atoms. The molecule has 1 aromatic heterocycles. The van der Waals surface area contributed by atoms with Crippen molar-refractivity contribution in [3.05, 3.63) is 51.0 Å². The number of nitrogens with one attached hydrogen (secondary N) is 1. The normalized spacial score (nSPS) is 17.7. The minimum atomic E-state index is 0.539. The zero-order valence-corrected chi connectivity index (χ0v) is 13.8. The molecule has 2 nitrogen and oxygen atoms in total. The number of benzene rings is 1. The summed E-state index contributed by atoms with van der Waals surface area (Å²) < 4.78 is 0. The molecule has 112 valence electrons. The lowest BCUT2D eigenvalue weighted by Crippen LogP contribution is -2.24. The van der Waals surface area contributed by atoms with Crippen LogP contribution in [0.1, 0.15) is 58.9 Å². The Morgan fingerprint density at radius 2 is 2.19 bits per heavy atom. The molecule has 1 aliphatic carbocycles. The van der Waals surface area contributed by atoms with Gasteiger partial charge in [0.1, 0.15) is 0 Å². The minimum absolute atomic E-state index is 0.539. The molecule has 0 amide bonds. The van der Waals surface area contributed by atoms with Crippen molar-refractivity contribution in [1.82, 2.24) is 10.3 Å². The number of hydrogen-bond acceptors (Lipinski definition) is 3. The first-order valence-electron chi connectivity index (χ1n) is 8.04. The molecular formula is C18H24N2S. The quantitative estimate of drug-likeness (QED) is 0.884. The summed E-state index contributed by atoms with van der Waals surface area (Å²) in [5.74, 6) is 0. The number of aromatic nitrogens is 1. The maximum atomic E-state index is 4.92. The monoisotopic (exact) mass is 300 g/mol. The smallest absolute Gasteiger partial charge is 0.0975 e. The number of fused-ring (bicyclic) bond motifs is 1. The molecule has 0 spiro atoms. The molecule has 3 heteroatoms. The number of thiazole rings is 1. The van der Waals surface area contributed by atoms with E-state index < -0.39 is 0 Å². The molecule has 1 unspecified atom stereocenters. The molecule has 0 aliphatic heterocycles. The molecular weight excluding hydrogens is 276 g/mol. The van der Waals surface area contributed by atoms with Gasteiger partial charge < -0.3 is 5.32 Å².